The Morgan fingerprint density at radius 1 is 1.08 bits per heavy atom. The molecule has 4 saturated heterocycles. The van der Waals surface area contributed by atoms with Crippen LogP contribution in [-0.4, -0.2) is 101 Å². The second kappa shape index (κ2) is 8.85. The summed E-state index contributed by atoms with van der Waals surface area (Å²) >= 11 is 0. The molecular weight excluding hydrogens is 470 g/mol. The number of amides is 1. The monoisotopic (exact) mass is 515 g/mol. The van der Waals surface area contributed by atoms with Crippen LogP contribution < -0.4 is 4.90 Å². The Labute approximate surface area is 221 Å². The molecule has 0 aromatic carbocycles. The highest BCUT2D eigenvalue weighted by molar-refractivity contribution is 5.69. The molecule has 5 fully saturated rings. The van der Waals surface area contributed by atoms with Gasteiger partial charge in [0.25, 0.3) is 0 Å². The number of aromatic nitrogens is 2. The zero-order chi connectivity index (χ0) is 26.2. The van der Waals surface area contributed by atoms with E-state index in [9.17, 15) is 4.79 Å². The number of aryl methyl sites for hydroxylation is 1. The largest absolute Gasteiger partial charge is 0.444 e. The van der Waals surface area contributed by atoms with Gasteiger partial charge in [0.15, 0.2) is 5.82 Å². The molecule has 9 nitrogen and oxygen atoms in total. The Balaban J connectivity index is 1.05. The zero-order valence-electron chi connectivity index (χ0n) is 23.5. The maximum atomic E-state index is 12.4. The fourth-order valence-corrected chi connectivity index (χ4v) is 7.44. The molecule has 3 unspecified atom stereocenters. The number of fused-ring (bicyclic) bond motifs is 2. The van der Waals surface area contributed by atoms with Crippen LogP contribution in [0.2, 0.25) is 0 Å². The van der Waals surface area contributed by atoms with Gasteiger partial charge in [0, 0.05) is 61.5 Å². The third-order valence-electron chi connectivity index (χ3n) is 9.11. The minimum atomic E-state index is -0.441. The van der Waals surface area contributed by atoms with Gasteiger partial charge in [-0.15, -0.1) is 0 Å². The molecule has 206 valence electrons. The first kappa shape index (κ1) is 25.4. The van der Waals surface area contributed by atoms with E-state index in [-0.39, 0.29) is 29.3 Å². The lowest BCUT2D eigenvalue weighted by Gasteiger charge is -2.58. The fraction of sp³-hybridized carbons (Fsp3) is 0.857. The molecule has 0 N–H and O–H groups in total. The summed E-state index contributed by atoms with van der Waals surface area (Å²) in [6, 6.07) is 3.28. The van der Waals surface area contributed by atoms with Crippen molar-refractivity contribution in [2.24, 2.45) is 5.41 Å². The number of hydrogen-bond donors (Lipinski definition) is 0. The number of anilines is 1. The number of morpholine rings is 1. The highest BCUT2D eigenvalue weighted by Crippen LogP contribution is 2.54. The van der Waals surface area contributed by atoms with E-state index in [4.69, 9.17) is 19.3 Å². The van der Waals surface area contributed by atoms with E-state index in [0.717, 1.165) is 77.4 Å². The van der Waals surface area contributed by atoms with Crippen molar-refractivity contribution in [2.45, 2.75) is 103 Å². The number of nitrogens with zero attached hydrogens (tertiary/aromatic N) is 5. The first-order chi connectivity index (χ1) is 17.4. The maximum absolute atomic E-state index is 12.4. The number of piperidine rings is 1. The zero-order valence-corrected chi connectivity index (χ0v) is 23.5. The maximum Gasteiger partial charge on any atom is 0.410 e. The number of hydrogen-bond acceptors (Lipinski definition) is 7. The van der Waals surface area contributed by atoms with E-state index in [0.29, 0.717) is 12.1 Å². The molecule has 1 aliphatic carbocycles. The van der Waals surface area contributed by atoms with Crippen molar-refractivity contribution in [1.82, 2.24) is 19.6 Å². The van der Waals surface area contributed by atoms with Crippen LogP contribution in [0.25, 0.3) is 0 Å². The SMILES string of the molecule is Cc1cc(N2CCC(N3CC4COCC(C3)O4)CC2(C)C)nn1C1CC2(C1)CN(C(=O)OC(C)(C)C)C2. The predicted molar refractivity (Wildman–Crippen MR) is 141 cm³/mol. The lowest BCUT2D eigenvalue weighted by Crippen LogP contribution is -2.64. The van der Waals surface area contributed by atoms with Crippen LogP contribution in [0.1, 0.15) is 72.0 Å². The van der Waals surface area contributed by atoms with E-state index in [1.165, 1.54) is 5.69 Å². The molecule has 37 heavy (non-hydrogen) atoms. The van der Waals surface area contributed by atoms with Crippen LogP contribution in [0, 0.1) is 12.3 Å². The molecular formula is C28H45N5O4. The third kappa shape index (κ3) is 4.87. The Bertz CT molecular complexity index is 1010. The molecule has 5 heterocycles. The molecule has 0 radical (unpaired) electrons. The lowest BCUT2D eigenvalue weighted by molar-refractivity contribution is -0.186. The molecule has 1 amide bonds. The standard InChI is InChI=1S/C28H45N5O4/c1-19-9-24(29-33(19)21-11-28(12-21)17-31(18-28)25(34)37-26(2,3)4)32-8-7-20(10-27(32,5)6)30-13-22-15-35-16-23(14-30)36-22/h9,20-23H,7-8,10-18H2,1-6H3. The summed E-state index contributed by atoms with van der Waals surface area (Å²) in [7, 11) is 0. The summed E-state index contributed by atoms with van der Waals surface area (Å²) in [6.07, 6.45) is 4.73. The minimum absolute atomic E-state index is 0.0428. The van der Waals surface area contributed by atoms with Crippen molar-refractivity contribution in [2.75, 3.05) is 50.8 Å². The van der Waals surface area contributed by atoms with Gasteiger partial charge in [0.05, 0.1) is 31.5 Å². The van der Waals surface area contributed by atoms with Gasteiger partial charge >= 0.3 is 6.09 Å². The van der Waals surface area contributed by atoms with Crippen molar-refractivity contribution in [3.8, 4) is 0 Å². The van der Waals surface area contributed by atoms with Crippen LogP contribution >= 0.6 is 0 Å². The Morgan fingerprint density at radius 3 is 2.38 bits per heavy atom. The van der Waals surface area contributed by atoms with Gasteiger partial charge in [-0.2, -0.15) is 5.10 Å². The number of rotatable bonds is 3. The molecule has 1 spiro atoms. The van der Waals surface area contributed by atoms with E-state index >= 15 is 0 Å². The van der Waals surface area contributed by atoms with Crippen LogP contribution in [0.5, 0.6) is 0 Å². The molecule has 9 heteroatoms. The lowest BCUT2D eigenvalue weighted by atomic mass is 9.61. The van der Waals surface area contributed by atoms with E-state index in [1.807, 2.05) is 25.7 Å². The Morgan fingerprint density at radius 2 is 1.76 bits per heavy atom. The van der Waals surface area contributed by atoms with Crippen LogP contribution in [0.3, 0.4) is 0 Å². The van der Waals surface area contributed by atoms with Gasteiger partial charge in [-0.25, -0.2) is 4.79 Å². The molecule has 3 atom stereocenters. The van der Waals surface area contributed by atoms with Gasteiger partial charge in [0.1, 0.15) is 5.60 Å². The van der Waals surface area contributed by atoms with Gasteiger partial charge in [-0.3, -0.25) is 9.58 Å². The molecule has 4 aliphatic heterocycles. The normalized spacial score (nSPS) is 31.7. The van der Waals surface area contributed by atoms with E-state index in [1.54, 1.807) is 0 Å². The van der Waals surface area contributed by atoms with Crippen molar-refractivity contribution in [3.05, 3.63) is 11.8 Å². The number of ether oxygens (including phenoxy) is 3. The second-order valence-corrected chi connectivity index (χ2v) is 14.0. The summed E-state index contributed by atoms with van der Waals surface area (Å²) in [5.41, 5.74) is 1.08. The van der Waals surface area contributed by atoms with E-state index < -0.39 is 5.60 Å². The average molecular weight is 516 g/mol. The second-order valence-electron chi connectivity index (χ2n) is 14.0. The van der Waals surface area contributed by atoms with Gasteiger partial charge in [-0.05, 0) is 67.2 Å². The highest BCUT2D eigenvalue weighted by atomic mass is 16.6. The summed E-state index contributed by atoms with van der Waals surface area (Å²) in [5.74, 6) is 1.11. The van der Waals surface area contributed by atoms with Crippen molar-refractivity contribution in [1.29, 1.82) is 0 Å². The molecule has 6 rings (SSSR count). The highest BCUT2D eigenvalue weighted by Gasteiger charge is 2.55. The van der Waals surface area contributed by atoms with Gasteiger partial charge in [0.2, 0.25) is 0 Å². The van der Waals surface area contributed by atoms with Crippen molar-refractivity contribution >= 4 is 11.9 Å². The number of likely N-dealkylation sites (tertiary alicyclic amines) is 1. The van der Waals surface area contributed by atoms with Crippen LogP contribution in [0.15, 0.2) is 6.07 Å². The summed E-state index contributed by atoms with van der Waals surface area (Å²) in [5, 5.41) is 5.15. The average Bonchev–Trinajstić information content (AvgIpc) is 3.10. The van der Waals surface area contributed by atoms with Gasteiger partial charge in [-0.1, -0.05) is 0 Å². The smallest absolute Gasteiger partial charge is 0.410 e. The number of carbonyl (C=O) groups excluding carboxylic acids is 1. The summed E-state index contributed by atoms with van der Waals surface area (Å²) in [6.45, 7) is 18.8. The fourth-order valence-electron chi connectivity index (χ4n) is 7.44. The van der Waals surface area contributed by atoms with Crippen molar-refractivity contribution < 1.29 is 19.0 Å². The topological polar surface area (TPSA) is 72.3 Å². The molecule has 1 saturated carbocycles. The van der Waals surface area contributed by atoms with E-state index in [2.05, 4.69) is 41.3 Å². The molecule has 2 bridgehead atoms. The summed E-state index contributed by atoms with van der Waals surface area (Å²) < 4.78 is 19.6. The quantitative estimate of drug-likeness (QED) is 0.609. The van der Waals surface area contributed by atoms with Gasteiger partial charge < -0.3 is 24.0 Å². The Kier molecular flexibility index (Phi) is 6.08. The Hall–Kier alpha value is -1.84. The first-order valence-electron chi connectivity index (χ1n) is 14.2. The minimum Gasteiger partial charge on any atom is -0.444 e. The van der Waals surface area contributed by atoms with Crippen LogP contribution in [0.4, 0.5) is 10.6 Å². The first-order valence-corrected chi connectivity index (χ1v) is 14.2. The molecule has 1 aromatic heterocycles. The molecule has 1 aromatic rings. The van der Waals surface area contributed by atoms with Crippen LogP contribution in [-0.2, 0) is 14.2 Å². The summed E-state index contributed by atoms with van der Waals surface area (Å²) in [4.78, 5) is 19.4. The van der Waals surface area contributed by atoms with Crippen molar-refractivity contribution in [3.63, 3.8) is 0 Å². The molecule has 5 aliphatic rings. The number of carbonyl (C=O) groups is 1. The third-order valence-corrected chi connectivity index (χ3v) is 9.11. The predicted octanol–water partition coefficient (Wildman–Crippen LogP) is 3.61.